The average Bonchev–Trinajstić information content (AvgIpc) is 2.71. The number of benzene rings is 2. The van der Waals surface area contributed by atoms with E-state index in [0.29, 0.717) is 31.2 Å². The first-order chi connectivity index (χ1) is 14.7. The van der Waals surface area contributed by atoms with Crippen molar-refractivity contribution < 1.29 is 18.3 Å². The number of aliphatic imine (C=N–C) groups is 1. The van der Waals surface area contributed by atoms with Gasteiger partial charge >= 0.3 is 0 Å². The summed E-state index contributed by atoms with van der Waals surface area (Å²) in [4.78, 5) is 4.56. The van der Waals surface area contributed by atoms with Crippen LogP contribution in [-0.4, -0.2) is 45.2 Å². The van der Waals surface area contributed by atoms with Crippen LogP contribution in [0.5, 0.6) is 5.75 Å². The van der Waals surface area contributed by atoms with Crippen molar-refractivity contribution in [3.63, 3.8) is 0 Å². The molecule has 170 valence electrons. The summed E-state index contributed by atoms with van der Waals surface area (Å²) in [6, 6.07) is 13.9. The molecule has 2 aromatic rings. The third-order valence-electron chi connectivity index (χ3n) is 4.34. The van der Waals surface area contributed by atoms with Crippen molar-refractivity contribution in [3.8, 4) is 5.75 Å². The Kier molecular flexibility index (Phi) is 9.29. The topological polar surface area (TPSA) is 126 Å². The van der Waals surface area contributed by atoms with Crippen LogP contribution in [0.2, 0.25) is 0 Å². The van der Waals surface area contributed by atoms with Crippen molar-refractivity contribution in [1.82, 2.24) is 10.6 Å². The van der Waals surface area contributed by atoms with Crippen molar-refractivity contribution in [2.45, 2.75) is 44.3 Å². The number of hydrogen-bond donors (Lipinski definition) is 4. The number of nitrogens with one attached hydrogen (secondary N) is 2. The zero-order chi connectivity index (χ0) is 22.9. The molecule has 8 nitrogen and oxygen atoms in total. The van der Waals surface area contributed by atoms with Crippen LogP contribution in [0.25, 0.3) is 0 Å². The van der Waals surface area contributed by atoms with Gasteiger partial charge in [-0.25, -0.2) is 13.6 Å². The lowest BCUT2D eigenvalue weighted by atomic mass is 10.1. The highest BCUT2D eigenvalue weighted by Crippen LogP contribution is 2.20. The van der Waals surface area contributed by atoms with Crippen molar-refractivity contribution in [2.75, 3.05) is 19.6 Å². The highest BCUT2D eigenvalue weighted by Gasteiger charge is 2.10. The van der Waals surface area contributed by atoms with Crippen LogP contribution in [0.1, 0.15) is 38.0 Å². The fraction of sp³-hybridized carbons (Fsp3) is 0.409. The maximum atomic E-state index is 11.3. The number of nitrogens with two attached hydrogens (primary N) is 1. The van der Waals surface area contributed by atoms with E-state index in [2.05, 4.69) is 15.6 Å². The Morgan fingerprint density at radius 2 is 1.87 bits per heavy atom. The lowest BCUT2D eigenvalue weighted by molar-refractivity contribution is 0.185. The van der Waals surface area contributed by atoms with E-state index < -0.39 is 16.1 Å². The van der Waals surface area contributed by atoms with Crippen LogP contribution in [0.15, 0.2) is 58.4 Å². The van der Waals surface area contributed by atoms with Crippen LogP contribution in [-0.2, 0) is 16.4 Å². The van der Waals surface area contributed by atoms with Gasteiger partial charge in [-0.1, -0.05) is 24.3 Å². The number of guanidine groups is 1. The van der Waals surface area contributed by atoms with Crippen molar-refractivity contribution in [2.24, 2.45) is 10.1 Å². The number of sulfonamides is 1. The second-order valence-corrected chi connectivity index (χ2v) is 8.90. The number of nitrogens with zero attached hydrogens (tertiary/aromatic N) is 1. The van der Waals surface area contributed by atoms with Gasteiger partial charge in [0.15, 0.2) is 5.96 Å². The van der Waals surface area contributed by atoms with Gasteiger partial charge in [-0.15, -0.1) is 0 Å². The Labute approximate surface area is 184 Å². The van der Waals surface area contributed by atoms with E-state index in [1.54, 1.807) is 12.1 Å². The van der Waals surface area contributed by atoms with Gasteiger partial charge in [0.1, 0.15) is 5.75 Å². The second kappa shape index (κ2) is 11.7. The van der Waals surface area contributed by atoms with Gasteiger partial charge in [0.05, 0.1) is 23.6 Å². The van der Waals surface area contributed by atoms with E-state index in [1.807, 2.05) is 45.0 Å². The molecule has 0 saturated carbocycles. The SMILES string of the molecule is CCNC(=NCC(O)c1cccc(OC(C)C)c1)NCCc1ccc(S(N)(=O)=O)cc1. The molecule has 0 bridgehead atoms. The zero-order valence-corrected chi connectivity index (χ0v) is 19.0. The van der Waals surface area contributed by atoms with E-state index in [1.165, 1.54) is 12.1 Å². The van der Waals surface area contributed by atoms with Gasteiger partial charge in [0.25, 0.3) is 0 Å². The van der Waals surface area contributed by atoms with Crippen LogP contribution in [0, 0.1) is 0 Å². The fourth-order valence-electron chi connectivity index (χ4n) is 2.86. The molecule has 2 aromatic carbocycles. The molecular weight excluding hydrogens is 416 g/mol. The summed E-state index contributed by atoms with van der Waals surface area (Å²) in [5, 5.41) is 22.0. The first-order valence-corrected chi connectivity index (χ1v) is 11.8. The standard InChI is InChI=1S/C22H32N4O4S/c1-4-24-22(25-13-12-17-8-10-20(11-9-17)31(23,28)29)26-15-21(27)18-6-5-7-19(14-18)30-16(2)3/h5-11,14,16,21,27H,4,12-13,15H2,1-3H3,(H2,23,28,29)(H2,24,25,26). The lowest BCUT2D eigenvalue weighted by Gasteiger charge is -2.15. The lowest BCUT2D eigenvalue weighted by Crippen LogP contribution is -2.38. The molecule has 9 heteroatoms. The third kappa shape index (κ3) is 8.56. The Morgan fingerprint density at radius 3 is 2.48 bits per heavy atom. The first-order valence-electron chi connectivity index (χ1n) is 10.3. The molecule has 0 radical (unpaired) electrons. The maximum absolute atomic E-state index is 11.3. The van der Waals surface area contributed by atoms with E-state index in [0.717, 1.165) is 11.1 Å². The number of ether oxygens (including phenoxy) is 1. The molecule has 2 rings (SSSR count). The molecule has 0 aliphatic heterocycles. The van der Waals surface area contributed by atoms with Crippen molar-refractivity contribution >= 4 is 16.0 Å². The summed E-state index contributed by atoms with van der Waals surface area (Å²) < 4.78 is 28.3. The molecular formula is C22H32N4O4S. The quantitative estimate of drug-likeness (QED) is 0.325. The Morgan fingerprint density at radius 1 is 1.16 bits per heavy atom. The van der Waals surface area contributed by atoms with Crippen LogP contribution in [0.3, 0.4) is 0 Å². The van der Waals surface area contributed by atoms with Gasteiger partial charge < -0.3 is 20.5 Å². The summed E-state index contributed by atoms with van der Waals surface area (Å²) in [6.45, 7) is 7.35. The molecule has 0 heterocycles. The maximum Gasteiger partial charge on any atom is 0.238 e. The molecule has 5 N–H and O–H groups in total. The van der Waals surface area contributed by atoms with E-state index in [9.17, 15) is 13.5 Å². The van der Waals surface area contributed by atoms with Gasteiger partial charge in [-0.2, -0.15) is 0 Å². The number of primary sulfonamides is 1. The second-order valence-electron chi connectivity index (χ2n) is 7.34. The average molecular weight is 449 g/mol. The first kappa shape index (κ1) is 24.6. The van der Waals surface area contributed by atoms with E-state index in [4.69, 9.17) is 9.88 Å². The van der Waals surface area contributed by atoms with Gasteiger partial charge in [-0.3, -0.25) is 4.99 Å². The molecule has 0 fully saturated rings. The molecule has 0 aliphatic carbocycles. The van der Waals surface area contributed by atoms with Gasteiger partial charge in [0, 0.05) is 13.1 Å². The summed E-state index contributed by atoms with van der Waals surface area (Å²) in [7, 11) is -3.68. The van der Waals surface area contributed by atoms with Gasteiger partial charge in [-0.05, 0) is 62.6 Å². The largest absolute Gasteiger partial charge is 0.491 e. The summed E-state index contributed by atoms with van der Waals surface area (Å²) in [5.41, 5.74) is 1.71. The minimum Gasteiger partial charge on any atom is -0.491 e. The minimum absolute atomic E-state index is 0.0610. The molecule has 0 aromatic heterocycles. The molecule has 0 saturated heterocycles. The summed E-state index contributed by atoms with van der Waals surface area (Å²) in [6.07, 6.45) is -0.0188. The minimum atomic E-state index is -3.68. The number of hydrogen-bond acceptors (Lipinski definition) is 5. The zero-order valence-electron chi connectivity index (χ0n) is 18.2. The Balaban J connectivity index is 1.92. The molecule has 0 aliphatic rings. The smallest absolute Gasteiger partial charge is 0.238 e. The van der Waals surface area contributed by atoms with Crippen molar-refractivity contribution in [1.29, 1.82) is 0 Å². The highest BCUT2D eigenvalue weighted by molar-refractivity contribution is 7.89. The normalized spacial score (nSPS) is 13.2. The third-order valence-corrected chi connectivity index (χ3v) is 5.27. The number of rotatable bonds is 10. The number of aliphatic hydroxyl groups excluding tert-OH is 1. The predicted molar refractivity (Wildman–Crippen MR) is 123 cm³/mol. The van der Waals surface area contributed by atoms with Gasteiger partial charge in [0.2, 0.25) is 10.0 Å². The molecule has 1 atom stereocenters. The summed E-state index contributed by atoms with van der Waals surface area (Å²) in [5.74, 6) is 1.31. The van der Waals surface area contributed by atoms with E-state index in [-0.39, 0.29) is 17.5 Å². The number of aliphatic hydroxyl groups is 1. The molecule has 0 spiro atoms. The predicted octanol–water partition coefficient (Wildman–Crippen LogP) is 1.95. The Hall–Kier alpha value is -2.62. The summed E-state index contributed by atoms with van der Waals surface area (Å²) >= 11 is 0. The van der Waals surface area contributed by atoms with Crippen LogP contribution < -0.4 is 20.5 Å². The fourth-order valence-corrected chi connectivity index (χ4v) is 3.38. The van der Waals surface area contributed by atoms with Crippen molar-refractivity contribution in [3.05, 3.63) is 59.7 Å². The van der Waals surface area contributed by atoms with Crippen LogP contribution in [0.4, 0.5) is 0 Å². The molecule has 0 amide bonds. The highest BCUT2D eigenvalue weighted by atomic mass is 32.2. The van der Waals surface area contributed by atoms with Crippen LogP contribution >= 0.6 is 0 Å². The Bertz CT molecular complexity index is 960. The monoisotopic (exact) mass is 448 g/mol. The molecule has 31 heavy (non-hydrogen) atoms. The van der Waals surface area contributed by atoms with E-state index >= 15 is 0 Å². The molecule has 1 unspecified atom stereocenters.